The number of benzene rings is 2. The average molecular weight is 284 g/mol. The summed E-state index contributed by atoms with van der Waals surface area (Å²) in [6.45, 7) is 2.61. The number of aldehydes is 1. The van der Waals surface area contributed by atoms with Gasteiger partial charge in [-0.3, -0.25) is 0 Å². The minimum absolute atomic E-state index is 0.145. The Kier molecular flexibility index (Phi) is 5.38. The van der Waals surface area contributed by atoms with Crippen LogP contribution in [0.3, 0.4) is 0 Å². The number of methoxy groups -OCH3 is 1. The van der Waals surface area contributed by atoms with Crippen molar-refractivity contribution in [3.05, 3.63) is 59.7 Å². The Morgan fingerprint density at radius 2 is 1.62 bits per heavy atom. The first kappa shape index (κ1) is 15.1. The van der Waals surface area contributed by atoms with Crippen molar-refractivity contribution in [2.75, 3.05) is 13.7 Å². The van der Waals surface area contributed by atoms with Gasteiger partial charge in [-0.25, -0.2) is 0 Å². The second-order valence-electron chi connectivity index (χ2n) is 4.80. The molecule has 2 aromatic carbocycles. The zero-order valence-corrected chi connectivity index (χ0v) is 12.4. The van der Waals surface area contributed by atoms with Crippen LogP contribution in [-0.4, -0.2) is 20.0 Å². The summed E-state index contributed by atoms with van der Waals surface area (Å²) in [4.78, 5) is 11.4. The monoisotopic (exact) mass is 284 g/mol. The van der Waals surface area contributed by atoms with E-state index in [0.717, 1.165) is 28.9 Å². The fourth-order valence-corrected chi connectivity index (χ4v) is 2.24. The molecule has 0 spiro atoms. The molecule has 2 rings (SSSR count). The molecule has 0 saturated carbocycles. The summed E-state index contributed by atoms with van der Waals surface area (Å²) >= 11 is 0. The Balaban J connectivity index is 2.08. The van der Waals surface area contributed by atoms with Crippen molar-refractivity contribution < 1.29 is 14.3 Å². The van der Waals surface area contributed by atoms with Crippen molar-refractivity contribution in [1.29, 1.82) is 0 Å². The smallest absolute Gasteiger partial charge is 0.127 e. The maximum absolute atomic E-state index is 11.4. The van der Waals surface area contributed by atoms with Crippen molar-refractivity contribution in [2.45, 2.75) is 19.3 Å². The molecule has 0 heterocycles. The molecule has 3 nitrogen and oxygen atoms in total. The normalized spacial score (nSPS) is 11.7. The van der Waals surface area contributed by atoms with Gasteiger partial charge in [0.25, 0.3) is 0 Å². The lowest BCUT2D eigenvalue weighted by Gasteiger charge is -2.12. The number of rotatable bonds is 7. The summed E-state index contributed by atoms with van der Waals surface area (Å²) in [5.41, 5.74) is 2.12. The topological polar surface area (TPSA) is 35.5 Å². The quantitative estimate of drug-likeness (QED) is 0.728. The van der Waals surface area contributed by atoms with E-state index in [-0.39, 0.29) is 5.92 Å². The van der Waals surface area contributed by atoms with Crippen LogP contribution in [0, 0.1) is 0 Å². The van der Waals surface area contributed by atoms with E-state index >= 15 is 0 Å². The lowest BCUT2D eigenvalue weighted by molar-refractivity contribution is -0.109. The molecular weight excluding hydrogens is 264 g/mol. The number of carbonyl (C=O) groups is 1. The zero-order valence-electron chi connectivity index (χ0n) is 12.4. The molecule has 0 amide bonds. The van der Waals surface area contributed by atoms with Gasteiger partial charge in [-0.05, 0) is 48.7 Å². The van der Waals surface area contributed by atoms with Crippen LogP contribution in [0.2, 0.25) is 0 Å². The molecule has 1 atom stereocenters. The van der Waals surface area contributed by atoms with Gasteiger partial charge in [-0.15, -0.1) is 0 Å². The lowest BCUT2D eigenvalue weighted by Crippen LogP contribution is -2.04. The largest absolute Gasteiger partial charge is 0.497 e. The van der Waals surface area contributed by atoms with Gasteiger partial charge in [0.15, 0.2) is 0 Å². The Hall–Kier alpha value is -2.29. The van der Waals surface area contributed by atoms with E-state index in [1.807, 2.05) is 55.5 Å². The molecule has 0 N–H and O–H groups in total. The van der Waals surface area contributed by atoms with Crippen LogP contribution in [0.4, 0.5) is 0 Å². The van der Waals surface area contributed by atoms with E-state index in [2.05, 4.69) is 0 Å². The van der Waals surface area contributed by atoms with Crippen LogP contribution < -0.4 is 9.47 Å². The highest BCUT2D eigenvalue weighted by molar-refractivity contribution is 5.63. The van der Waals surface area contributed by atoms with Crippen molar-refractivity contribution in [1.82, 2.24) is 0 Å². The first-order valence-corrected chi connectivity index (χ1v) is 7.07. The third-order valence-corrected chi connectivity index (χ3v) is 3.40. The van der Waals surface area contributed by atoms with Crippen molar-refractivity contribution >= 4 is 6.29 Å². The maximum atomic E-state index is 11.4. The summed E-state index contributed by atoms with van der Waals surface area (Å²) in [7, 11) is 1.63. The van der Waals surface area contributed by atoms with Crippen LogP contribution in [0.15, 0.2) is 48.5 Å². The van der Waals surface area contributed by atoms with Crippen LogP contribution in [0.5, 0.6) is 11.5 Å². The Morgan fingerprint density at radius 3 is 2.14 bits per heavy atom. The molecule has 0 aromatic heterocycles. The molecule has 3 heteroatoms. The van der Waals surface area contributed by atoms with E-state index in [1.54, 1.807) is 7.11 Å². The summed E-state index contributed by atoms with van der Waals surface area (Å²) in [5.74, 6) is 1.51. The molecule has 0 aliphatic carbocycles. The summed E-state index contributed by atoms with van der Waals surface area (Å²) in [6.07, 6.45) is 1.68. The fourth-order valence-electron chi connectivity index (χ4n) is 2.24. The zero-order chi connectivity index (χ0) is 15.1. The highest BCUT2D eigenvalue weighted by Gasteiger charge is 2.11. The number of ether oxygens (including phenoxy) is 2. The third-order valence-electron chi connectivity index (χ3n) is 3.40. The molecule has 0 aliphatic heterocycles. The predicted molar refractivity (Wildman–Crippen MR) is 83.1 cm³/mol. The highest BCUT2D eigenvalue weighted by atomic mass is 16.5. The second kappa shape index (κ2) is 7.48. The Morgan fingerprint density at radius 1 is 1.00 bits per heavy atom. The van der Waals surface area contributed by atoms with Gasteiger partial charge in [-0.2, -0.15) is 0 Å². The minimum Gasteiger partial charge on any atom is -0.497 e. The lowest BCUT2D eigenvalue weighted by atomic mass is 9.93. The van der Waals surface area contributed by atoms with E-state index in [1.165, 1.54) is 0 Å². The van der Waals surface area contributed by atoms with Crippen molar-refractivity contribution in [3.63, 3.8) is 0 Å². The standard InChI is InChI=1S/C18H20O3/c1-3-21-18-8-4-14(5-9-18)12-16(13-19)15-6-10-17(20-2)11-7-15/h4-11,13,16H,3,12H2,1-2H3. The Labute approximate surface area is 125 Å². The summed E-state index contributed by atoms with van der Waals surface area (Å²) in [6, 6.07) is 15.5. The number of hydrogen-bond donors (Lipinski definition) is 0. The van der Waals surface area contributed by atoms with Crippen LogP contribution in [0.1, 0.15) is 24.0 Å². The first-order chi connectivity index (χ1) is 10.3. The average Bonchev–Trinajstić information content (AvgIpc) is 2.54. The maximum Gasteiger partial charge on any atom is 0.127 e. The predicted octanol–water partition coefficient (Wildman–Crippen LogP) is 3.62. The van der Waals surface area contributed by atoms with Gasteiger partial charge in [0.2, 0.25) is 0 Å². The molecule has 2 aromatic rings. The first-order valence-electron chi connectivity index (χ1n) is 7.07. The molecule has 1 unspecified atom stereocenters. The van der Waals surface area contributed by atoms with Gasteiger partial charge in [-0.1, -0.05) is 24.3 Å². The molecular formula is C18H20O3. The highest BCUT2D eigenvalue weighted by Crippen LogP contribution is 2.23. The Bertz CT molecular complexity index is 558. The third kappa shape index (κ3) is 4.09. The van der Waals surface area contributed by atoms with Crippen LogP contribution in [-0.2, 0) is 11.2 Å². The summed E-state index contributed by atoms with van der Waals surface area (Å²) in [5, 5.41) is 0. The van der Waals surface area contributed by atoms with E-state index in [0.29, 0.717) is 13.0 Å². The van der Waals surface area contributed by atoms with Gasteiger partial charge in [0.05, 0.1) is 13.7 Å². The van der Waals surface area contributed by atoms with Crippen molar-refractivity contribution in [2.24, 2.45) is 0 Å². The molecule has 0 fully saturated rings. The summed E-state index contributed by atoms with van der Waals surface area (Å²) < 4.78 is 10.6. The molecule has 0 radical (unpaired) electrons. The van der Waals surface area contributed by atoms with E-state index in [9.17, 15) is 4.79 Å². The van der Waals surface area contributed by atoms with Gasteiger partial charge in [0.1, 0.15) is 17.8 Å². The molecule has 0 bridgehead atoms. The second-order valence-corrected chi connectivity index (χ2v) is 4.80. The number of carbonyl (C=O) groups excluding carboxylic acids is 1. The molecule has 21 heavy (non-hydrogen) atoms. The minimum atomic E-state index is -0.145. The fraction of sp³-hybridized carbons (Fsp3) is 0.278. The van der Waals surface area contributed by atoms with Crippen LogP contribution >= 0.6 is 0 Å². The molecule has 0 aliphatic rings. The van der Waals surface area contributed by atoms with Crippen LogP contribution in [0.25, 0.3) is 0 Å². The van der Waals surface area contributed by atoms with E-state index < -0.39 is 0 Å². The molecule has 0 saturated heterocycles. The molecule has 110 valence electrons. The van der Waals surface area contributed by atoms with E-state index in [4.69, 9.17) is 9.47 Å². The van der Waals surface area contributed by atoms with Gasteiger partial charge in [0, 0.05) is 5.92 Å². The van der Waals surface area contributed by atoms with Gasteiger partial charge < -0.3 is 14.3 Å². The SMILES string of the molecule is CCOc1ccc(CC(C=O)c2ccc(OC)cc2)cc1. The van der Waals surface area contributed by atoms with Crippen molar-refractivity contribution in [3.8, 4) is 11.5 Å². The number of hydrogen-bond acceptors (Lipinski definition) is 3. The van der Waals surface area contributed by atoms with Gasteiger partial charge >= 0.3 is 0 Å².